The zero-order chi connectivity index (χ0) is 13.8. The van der Waals surface area contributed by atoms with E-state index < -0.39 is 0 Å². The summed E-state index contributed by atoms with van der Waals surface area (Å²) in [5, 5.41) is 0. The number of likely N-dealkylation sites (tertiary alicyclic amines) is 2. The number of nitrogens with zero attached hydrogens (tertiary/aromatic N) is 2. The van der Waals surface area contributed by atoms with Crippen molar-refractivity contribution < 1.29 is 0 Å². The standard InChI is InChI=1S/C9H19N.C8H17N/c1-2-3-7-10-8-5-4-6-9-10;1-2-3-6-9-7-4-5-8-9/h2-9H2,1H3;2-8H2,1H3. The molecule has 2 aliphatic heterocycles. The molecule has 0 aliphatic carbocycles. The lowest BCUT2D eigenvalue weighted by atomic mass is 10.1. The minimum absolute atomic E-state index is 1.34. The number of hydrogen-bond donors (Lipinski definition) is 0. The summed E-state index contributed by atoms with van der Waals surface area (Å²) in [6, 6.07) is 0. The maximum atomic E-state index is 2.60. The van der Waals surface area contributed by atoms with Gasteiger partial charge >= 0.3 is 0 Å². The molecule has 2 saturated heterocycles. The van der Waals surface area contributed by atoms with Gasteiger partial charge in [0.25, 0.3) is 0 Å². The van der Waals surface area contributed by atoms with Crippen molar-refractivity contribution in [3.63, 3.8) is 0 Å². The van der Waals surface area contributed by atoms with E-state index in [1.807, 2.05) is 0 Å². The van der Waals surface area contributed by atoms with Crippen LogP contribution in [0, 0.1) is 0 Å². The Morgan fingerprint density at radius 3 is 1.32 bits per heavy atom. The normalized spacial score (nSPS) is 21.2. The van der Waals surface area contributed by atoms with Crippen LogP contribution in [0.3, 0.4) is 0 Å². The van der Waals surface area contributed by atoms with Crippen LogP contribution in [0.5, 0.6) is 0 Å². The third-order valence-corrected chi connectivity index (χ3v) is 4.30. The van der Waals surface area contributed by atoms with E-state index in [-0.39, 0.29) is 0 Å². The Balaban J connectivity index is 0.000000191. The van der Waals surface area contributed by atoms with Crippen molar-refractivity contribution >= 4 is 0 Å². The molecule has 2 heteroatoms. The minimum atomic E-state index is 1.34. The number of piperidine rings is 1. The van der Waals surface area contributed by atoms with Crippen molar-refractivity contribution in [2.24, 2.45) is 0 Å². The van der Waals surface area contributed by atoms with E-state index in [1.165, 1.54) is 97.1 Å². The maximum absolute atomic E-state index is 2.60. The molecule has 0 unspecified atom stereocenters. The average Bonchev–Trinajstić information content (AvgIpc) is 2.98. The summed E-state index contributed by atoms with van der Waals surface area (Å²) >= 11 is 0. The van der Waals surface area contributed by atoms with Crippen LogP contribution < -0.4 is 0 Å². The van der Waals surface area contributed by atoms with E-state index in [0.29, 0.717) is 0 Å². The average molecular weight is 268 g/mol. The second kappa shape index (κ2) is 11.7. The van der Waals surface area contributed by atoms with Gasteiger partial charge in [-0.3, -0.25) is 0 Å². The van der Waals surface area contributed by atoms with Gasteiger partial charge in [0.1, 0.15) is 0 Å². The molecule has 2 aliphatic rings. The minimum Gasteiger partial charge on any atom is -0.303 e. The smallest absolute Gasteiger partial charge is 0.00183 e. The summed E-state index contributed by atoms with van der Waals surface area (Å²) < 4.78 is 0. The molecule has 0 amide bonds. The molecule has 0 saturated carbocycles. The SMILES string of the molecule is CCCCN1CCCC1.CCCCN1CCCCC1. The Morgan fingerprint density at radius 2 is 0.947 bits per heavy atom. The van der Waals surface area contributed by atoms with Gasteiger partial charge in [-0.2, -0.15) is 0 Å². The first-order valence-corrected chi connectivity index (χ1v) is 8.81. The Morgan fingerprint density at radius 1 is 0.579 bits per heavy atom. The van der Waals surface area contributed by atoms with E-state index in [4.69, 9.17) is 0 Å². The number of hydrogen-bond acceptors (Lipinski definition) is 2. The highest BCUT2D eigenvalue weighted by molar-refractivity contribution is 4.65. The van der Waals surface area contributed by atoms with E-state index in [9.17, 15) is 0 Å². The van der Waals surface area contributed by atoms with Crippen molar-refractivity contribution in [1.82, 2.24) is 9.80 Å². The van der Waals surface area contributed by atoms with Crippen LogP contribution >= 0.6 is 0 Å². The Hall–Kier alpha value is -0.0800. The topological polar surface area (TPSA) is 6.48 Å². The van der Waals surface area contributed by atoms with E-state index in [1.54, 1.807) is 0 Å². The summed E-state index contributed by atoms with van der Waals surface area (Å²) in [4.78, 5) is 5.18. The molecule has 0 aromatic heterocycles. The third-order valence-electron chi connectivity index (χ3n) is 4.30. The monoisotopic (exact) mass is 268 g/mol. The number of unbranched alkanes of at least 4 members (excludes halogenated alkanes) is 2. The molecule has 0 spiro atoms. The molecule has 2 nitrogen and oxygen atoms in total. The second-order valence-electron chi connectivity index (χ2n) is 6.16. The summed E-state index contributed by atoms with van der Waals surface area (Å²) in [7, 11) is 0. The van der Waals surface area contributed by atoms with Crippen LogP contribution in [0.15, 0.2) is 0 Å². The molecule has 0 aromatic rings. The van der Waals surface area contributed by atoms with Gasteiger partial charge in [0, 0.05) is 0 Å². The van der Waals surface area contributed by atoms with Gasteiger partial charge in [0.2, 0.25) is 0 Å². The molecule has 2 rings (SSSR count). The van der Waals surface area contributed by atoms with Crippen LogP contribution in [-0.4, -0.2) is 49.1 Å². The van der Waals surface area contributed by atoms with Gasteiger partial charge in [-0.25, -0.2) is 0 Å². The van der Waals surface area contributed by atoms with Crippen LogP contribution in [0.2, 0.25) is 0 Å². The van der Waals surface area contributed by atoms with Crippen molar-refractivity contribution in [3.05, 3.63) is 0 Å². The van der Waals surface area contributed by atoms with E-state index in [2.05, 4.69) is 23.6 Å². The second-order valence-corrected chi connectivity index (χ2v) is 6.16. The van der Waals surface area contributed by atoms with Gasteiger partial charge in [-0.15, -0.1) is 0 Å². The van der Waals surface area contributed by atoms with Crippen molar-refractivity contribution in [2.75, 3.05) is 39.3 Å². The predicted octanol–water partition coefficient (Wildman–Crippen LogP) is 4.15. The molecule has 0 radical (unpaired) electrons. The molecule has 0 N–H and O–H groups in total. The molecule has 0 bridgehead atoms. The zero-order valence-corrected chi connectivity index (χ0v) is 13.5. The van der Waals surface area contributed by atoms with Gasteiger partial charge in [0.15, 0.2) is 0 Å². The van der Waals surface area contributed by atoms with Crippen molar-refractivity contribution in [3.8, 4) is 0 Å². The van der Waals surface area contributed by atoms with Crippen LogP contribution in [0.4, 0.5) is 0 Å². The lowest BCUT2D eigenvalue weighted by Gasteiger charge is -2.25. The fraction of sp³-hybridized carbons (Fsp3) is 1.00. The Bertz CT molecular complexity index is 182. The van der Waals surface area contributed by atoms with Crippen molar-refractivity contribution in [2.45, 2.75) is 71.6 Å². The Labute approximate surface area is 121 Å². The first-order valence-electron chi connectivity index (χ1n) is 8.81. The molecular weight excluding hydrogens is 232 g/mol. The van der Waals surface area contributed by atoms with Gasteiger partial charge in [-0.05, 0) is 77.8 Å². The molecule has 0 aromatic carbocycles. The lowest BCUT2D eigenvalue weighted by Crippen LogP contribution is -2.30. The molecule has 2 fully saturated rings. The van der Waals surface area contributed by atoms with Gasteiger partial charge in [0.05, 0.1) is 0 Å². The third kappa shape index (κ3) is 8.65. The highest BCUT2D eigenvalue weighted by Gasteiger charge is 2.09. The predicted molar refractivity (Wildman–Crippen MR) is 85.8 cm³/mol. The van der Waals surface area contributed by atoms with Crippen LogP contribution in [-0.2, 0) is 0 Å². The summed E-state index contributed by atoms with van der Waals surface area (Å²) in [5.74, 6) is 0. The Kier molecular flexibility index (Phi) is 10.5. The molecule has 19 heavy (non-hydrogen) atoms. The summed E-state index contributed by atoms with van der Waals surface area (Å²) in [6.07, 6.45) is 12.7. The summed E-state index contributed by atoms with van der Waals surface area (Å²) in [6.45, 7) is 12.7. The van der Waals surface area contributed by atoms with Crippen LogP contribution in [0.25, 0.3) is 0 Å². The molecule has 114 valence electrons. The quantitative estimate of drug-likeness (QED) is 0.714. The maximum Gasteiger partial charge on any atom is -0.00183 e. The van der Waals surface area contributed by atoms with Gasteiger partial charge in [-0.1, -0.05) is 33.1 Å². The molecular formula is C17H36N2. The highest BCUT2D eigenvalue weighted by Crippen LogP contribution is 2.09. The largest absolute Gasteiger partial charge is 0.303 e. The van der Waals surface area contributed by atoms with Crippen molar-refractivity contribution in [1.29, 1.82) is 0 Å². The fourth-order valence-corrected chi connectivity index (χ4v) is 2.95. The first kappa shape index (κ1) is 17.0. The molecule has 0 atom stereocenters. The number of rotatable bonds is 6. The fourth-order valence-electron chi connectivity index (χ4n) is 2.95. The van der Waals surface area contributed by atoms with Crippen LogP contribution in [0.1, 0.15) is 71.6 Å². The first-order chi connectivity index (χ1) is 9.36. The van der Waals surface area contributed by atoms with E-state index in [0.717, 1.165) is 0 Å². The zero-order valence-electron chi connectivity index (χ0n) is 13.5. The summed E-state index contributed by atoms with van der Waals surface area (Å²) in [5.41, 5.74) is 0. The molecule has 2 heterocycles. The lowest BCUT2D eigenvalue weighted by molar-refractivity contribution is 0.226. The highest BCUT2D eigenvalue weighted by atomic mass is 15.1. The van der Waals surface area contributed by atoms with E-state index >= 15 is 0 Å². The van der Waals surface area contributed by atoms with Gasteiger partial charge < -0.3 is 9.80 Å².